The molecule has 0 saturated carbocycles. The molecule has 1 heterocycles. The summed E-state index contributed by atoms with van der Waals surface area (Å²) in [6, 6.07) is 18.1. The highest BCUT2D eigenvalue weighted by molar-refractivity contribution is 8.00. The summed E-state index contributed by atoms with van der Waals surface area (Å²) in [6.45, 7) is 2.15. The molecule has 120 valence electrons. The Hall–Kier alpha value is -1.94. The number of hydrogen-bond acceptors (Lipinski definition) is 3. The normalized spacial score (nSPS) is 14.5. The summed E-state index contributed by atoms with van der Waals surface area (Å²) in [5.41, 5.74) is 2.07. The first kappa shape index (κ1) is 15.9. The Kier molecular flexibility index (Phi) is 5.59. The molecule has 1 aliphatic rings. The molecule has 2 aromatic rings. The quantitative estimate of drug-likeness (QED) is 0.826. The van der Waals surface area contributed by atoms with Crippen molar-refractivity contribution >= 4 is 29.0 Å². The SMILES string of the molecule is O=C(CSc1ccccc1)Nc1ccccc1N1CCCCC1. The van der Waals surface area contributed by atoms with Gasteiger partial charge >= 0.3 is 0 Å². The maximum atomic E-state index is 12.3. The molecule has 1 aliphatic heterocycles. The lowest BCUT2D eigenvalue weighted by Gasteiger charge is -2.30. The van der Waals surface area contributed by atoms with E-state index >= 15 is 0 Å². The molecule has 1 saturated heterocycles. The van der Waals surface area contributed by atoms with Gasteiger partial charge in [0, 0.05) is 18.0 Å². The van der Waals surface area contributed by atoms with Gasteiger partial charge in [0.05, 0.1) is 17.1 Å². The summed E-state index contributed by atoms with van der Waals surface area (Å²) >= 11 is 1.56. The number of nitrogens with zero attached hydrogens (tertiary/aromatic N) is 1. The number of para-hydroxylation sites is 2. The minimum atomic E-state index is 0.0447. The molecule has 3 rings (SSSR count). The molecule has 0 spiro atoms. The Morgan fingerprint density at radius 3 is 2.43 bits per heavy atom. The van der Waals surface area contributed by atoms with E-state index in [0.29, 0.717) is 5.75 Å². The maximum Gasteiger partial charge on any atom is 0.234 e. The molecule has 0 bridgehead atoms. The van der Waals surface area contributed by atoms with E-state index in [1.807, 2.05) is 48.5 Å². The number of thioether (sulfide) groups is 1. The molecule has 4 heteroatoms. The average Bonchev–Trinajstić information content (AvgIpc) is 2.62. The van der Waals surface area contributed by atoms with E-state index in [2.05, 4.69) is 16.3 Å². The van der Waals surface area contributed by atoms with Crippen molar-refractivity contribution in [2.45, 2.75) is 24.2 Å². The van der Waals surface area contributed by atoms with Crippen molar-refractivity contribution < 1.29 is 4.79 Å². The molecule has 1 N–H and O–H groups in total. The highest BCUT2D eigenvalue weighted by Gasteiger charge is 2.15. The van der Waals surface area contributed by atoms with Gasteiger partial charge in [0.2, 0.25) is 5.91 Å². The third-order valence-corrected chi connectivity index (χ3v) is 5.00. The van der Waals surface area contributed by atoms with E-state index in [9.17, 15) is 4.79 Å². The summed E-state index contributed by atoms with van der Waals surface area (Å²) in [5.74, 6) is 0.474. The van der Waals surface area contributed by atoms with Crippen molar-refractivity contribution in [3.63, 3.8) is 0 Å². The van der Waals surface area contributed by atoms with E-state index in [-0.39, 0.29) is 5.91 Å². The lowest BCUT2D eigenvalue weighted by atomic mass is 10.1. The second-order valence-electron chi connectivity index (χ2n) is 5.71. The number of hydrogen-bond donors (Lipinski definition) is 1. The Labute approximate surface area is 142 Å². The molecule has 0 atom stereocenters. The van der Waals surface area contributed by atoms with Crippen molar-refractivity contribution in [3.05, 3.63) is 54.6 Å². The third kappa shape index (κ3) is 4.52. The fraction of sp³-hybridized carbons (Fsp3) is 0.316. The molecule has 0 radical (unpaired) electrons. The summed E-state index contributed by atoms with van der Waals surface area (Å²) in [4.78, 5) is 15.8. The van der Waals surface area contributed by atoms with Crippen LogP contribution in [-0.2, 0) is 4.79 Å². The first-order valence-corrected chi connectivity index (χ1v) is 9.13. The predicted molar refractivity (Wildman–Crippen MR) is 98.3 cm³/mol. The first-order chi connectivity index (χ1) is 11.3. The van der Waals surface area contributed by atoms with Crippen molar-refractivity contribution in [1.82, 2.24) is 0 Å². The summed E-state index contributed by atoms with van der Waals surface area (Å²) in [5, 5.41) is 3.08. The number of rotatable bonds is 5. The summed E-state index contributed by atoms with van der Waals surface area (Å²) in [7, 11) is 0. The summed E-state index contributed by atoms with van der Waals surface area (Å²) in [6.07, 6.45) is 3.76. The molecule has 1 fully saturated rings. The van der Waals surface area contributed by atoms with Crippen LogP contribution in [0.5, 0.6) is 0 Å². The van der Waals surface area contributed by atoms with Crippen molar-refractivity contribution in [2.24, 2.45) is 0 Å². The number of benzene rings is 2. The number of anilines is 2. The summed E-state index contributed by atoms with van der Waals surface area (Å²) < 4.78 is 0. The zero-order valence-electron chi connectivity index (χ0n) is 13.2. The van der Waals surface area contributed by atoms with Gasteiger partial charge in [-0.15, -0.1) is 11.8 Å². The maximum absolute atomic E-state index is 12.3. The largest absolute Gasteiger partial charge is 0.370 e. The van der Waals surface area contributed by atoms with E-state index in [1.54, 1.807) is 11.8 Å². The fourth-order valence-corrected chi connectivity index (χ4v) is 3.56. The standard InChI is InChI=1S/C19H22N2OS/c22-19(15-23-16-9-3-1-4-10-16)20-17-11-5-6-12-18(17)21-13-7-2-8-14-21/h1,3-6,9-12H,2,7-8,13-15H2,(H,20,22). The van der Waals surface area contributed by atoms with Crippen molar-refractivity contribution in [2.75, 3.05) is 29.1 Å². The van der Waals surface area contributed by atoms with Gasteiger partial charge in [0.15, 0.2) is 0 Å². The fourth-order valence-electron chi connectivity index (χ4n) is 2.84. The third-order valence-electron chi connectivity index (χ3n) is 3.99. The van der Waals surface area contributed by atoms with Gasteiger partial charge in [0.1, 0.15) is 0 Å². The van der Waals surface area contributed by atoms with Gasteiger partial charge in [0.25, 0.3) is 0 Å². The molecular weight excluding hydrogens is 304 g/mol. The topological polar surface area (TPSA) is 32.3 Å². The highest BCUT2D eigenvalue weighted by atomic mass is 32.2. The number of amides is 1. The number of piperidine rings is 1. The average molecular weight is 326 g/mol. The van der Waals surface area contributed by atoms with Crippen LogP contribution in [0.15, 0.2) is 59.5 Å². The smallest absolute Gasteiger partial charge is 0.234 e. The molecular formula is C19H22N2OS. The van der Waals surface area contributed by atoms with Crippen LogP contribution < -0.4 is 10.2 Å². The van der Waals surface area contributed by atoms with Crippen LogP contribution in [0, 0.1) is 0 Å². The number of carbonyl (C=O) groups excluding carboxylic acids is 1. The molecule has 23 heavy (non-hydrogen) atoms. The van der Waals surface area contributed by atoms with E-state index in [4.69, 9.17) is 0 Å². The lowest BCUT2D eigenvalue weighted by Crippen LogP contribution is -2.30. The molecule has 2 aromatic carbocycles. The van der Waals surface area contributed by atoms with Crippen LogP contribution in [0.25, 0.3) is 0 Å². The van der Waals surface area contributed by atoms with Gasteiger partial charge < -0.3 is 10.2 Å². The second-order valence-corrected chi connectivity index (χ2v) is 6.76. The van der Waals surface area contributed by atoms with E-state index in [1.165, 1.54) is 19.3 Å². The zero-order valence-corrected chi connectivity index (χ0v) is 14.0. The number of carbonyl (C=O) groups is 1. The lowest BCUT2D eigenvalue weighted by molar-refractivity contribution is -0.113. The van der Waals surface area contributed by atoms with Crippen LogP contribution in [0.2, 0.25) is 0 Å². The first-order valence-electron chi connectivity index (χ1n) is 8.14. The minimum absolute atomic E-state index is 0.0447. The Balaban J connectivity index is 1.62. The monoisotopic (exact) mass is 326 g/mol. The van der Waals surface area contributed by atoms with Gasteiger partial charge in [-0.05, 0) is 43.5 Å². The molecule has 0 aromatic heterocycles. The molecule has 1 amide bonds. The predicted octanol–water partition coefficient (Wildman–Crippen LogP) is 4.41. The molecule has 0 aliphatic carbocycles. The van der Waals surface area contributed by atoms with Crippen molar-refractivity contribution in [3.8, 4) is 0 Å². The van der Waals surface area contributed by atoms with E-state index in [0.717, 1.165) is 29.4 Å². The highest BCUT2D eigenvalue weighted by Crippen LogP contribution is 2.28. The minimum Gasteiger partial charge on any atom is -0.370 e. The van der Waals surface area contributed by atoms with Crippen molar-refractivity contribution in [1.29, 1.82) is 0 Å². The second kappa shape index (κ2) is 8.06. The van der Waals surface area contributed by atoms with Gasteiger partial charge in [-0.1, -0.05) is 30.3 Å². The van der Waals surface area contributed by atoms with Crippen LogP contribution in [0.3, 0.4) is 0 Å². The number of nitrogens with one attached hydrogen (secondary N) is 1. The van der Waals surface area contributed by atoms with Crippen LogP contribution in [0.4, 0.5) is 11.4 Å². The zero-order chi connectivity index (χ0) is 15.9. The Bertz CT molecular complexity index is 639. The van der Waals surface area contributed by atoms with Gasteiger partial charge in [-0.2, -0.15) is 0 Å². The van der Waals surface area contributed by atoms with Crippen LogP contribution >= 0.6 is 11.8 Å². The Morgan fingerprint density at radius 2 is 1.65 bits per heavy atom. The molecule has 3 nitrogen and oxygen atoms in total. The van der Waals surface area contributed by atoms with Gasteiger partial charge in [-0.3, -0.25) is 4.79 Å². The van der Waals surface area contributed by atoms with E-state index < -0.39 is 0 Å². The van der Waals surface area contributed by atoms with Crippen LogP contribution in [0.1, 0.15) is 19.3 Å². The van der Waals surface area contributed by atoms with Crippen LogP contribution in [-0.4, -0.2) is 24.7 Å². The van der Waals surface area contributed by atoms with Gasteiger partial charge in [-0.25, -0.2) is 0 Å². The Morgan fingerprint density at radius 1 is 0.957 bits per heavy atom. The molecule has 0 unspecified atom stereocenters.